The minimum atomic E-state index is -4.59. The van der Waals surface area contributed by atoms with Crippen molar-refractivity contribution in [2.45, 2.75) is 12.6 Å². The van der Waals surface area contributed by atoms with E-state index in [1.807, 2.05) is 4.90 Å². The van der Waals surface area contributed by atoms with Crippen LogP contribution in [0.1, 0.15) is 5.56 Å². The van der Waals surface area contributed by atoms with Crippen LogP contribution in [0.5, 0.6) is 0 Å². The molecule has 0 fully saturated rings. The van der Waals surface area contributed by atoms with E-state index in [9.17, 15) is 28.1 Å². The Bertz CT molecular complexity index is 1230. The number of nitro groups is 1. The first-order valence-electron chi connectivity index (χ1n) is 9.08. The van der Waals surface area contributed by atoms with Crippen molar-refractivity contribution in [2.24, 2.45) is 0 Å². The van der Waals surface area contributed by atoms with Crippen LogP contribution in [0.4, 0.5) is 36.1 Å². The van der Waals surface area contributed by atoms with Crippen LogP contribution < -0.4 is 10.2 Å². The Morgan fingerprint density at radius 3 is 2.74 bits per heavy atom. The van der Waals surface area contributed by atoms with Crippen molar-refractivity contribution in [1.29, 1.82) is 0 Å². The number of allylic oxidation sites excluding steroid dienone is 1. The molecule has 3 aromatic rings. The summed E-state index contributed by atoms with van der Waals surface area (Å²) in [5.74, 6) is -0.455. The molecule has 1 N–H and O–H groups in total. The highest BCUT2D eigenvalue weighted by atomic mass is 19.4. The second-order valence-corrected chi connectivity index (χ2v) is 6.77. The zero-order chi connectivity index (χ0) is 22.2. The molecule has 0 saturated heterocycles. The Morgan fingerprint density at radius 1 is 1.19 bits per heavy atom. The highest BCUT2D eigenvalue weighted by Crippen LogP contribution is 2.38. The van der Waals surface area contributed by atoms with Gasteiger partial charge in [0.1, 0.15) is 12.1 Å². The van der Waals surface area contributed by atoms with Crippen LogP contribution >= 0.6 is 0 Å². The zero-order valence-corrected chi connectivity index (χ0v) is 15.8. The molecule has 0 spiro atoms. The lowest BCUT2D eigenvalue weighted by Gasteiger charge is -2.20. The standard InChI is InChI=1S/C20H14F3N5O3/c21-20(22,23)7-5-18(29)26-13-2-4-16-15(9-13)19(25-11-24-16)27-8-6-12-1-3-14(28(30)31)10-17(12)27/h1-5,7,9-11H,6,8H2,(H,26,29)/b7-5+. The minimum Gasteiger partial charge on any atom is -0.325 e. The number of alkyl halides is 3. The first-order chi connectivity index (χ1) is 14.7. The number of amides is 1. The van der Waals surface area contributed by atoms with E-state index in [4.69, 9.17) is 0 Å². The van der Waals surface area contributed by atoms with Gasteiger partial charge in [-0.1, -0.05) is 6.07 Å². The lowest BCUT2D eigenvalue weighted by molar-refractivity contribution is -0.384. The van der Waals surface area contributed by atoms with Gasteiger partial charge in [-0.15, -0.1) is 0 Å². The van der Waals surface area contributed by atoms with Crippen molar-refractivity contribution in [2.75, 3.05) is 16.8 Å². The van der Waals surface area contributed by atoms with Crippen LogP contribution in [0.3, 0.4) is 0 Å². The quantitative estimate of drug-likeness (QED) is 0.377. The maximum absolute atomic E-state index is 12.3. The monoisotopic (exact) mass is 429 g/mol. The molecule has 2 aromatic carbocycles. The molecule has 31 heavy (non-hydrogen) atoms. The van der Waals surface area contributed by atoms with E-state index >= 15 is 0 Å². The Labute approximate surface area is 173 Å². The number of anilines is 3. The van der Waals surface area contributed by atoms with Crippen LogP contribution in [-0.2, 0) is 11.2 Å². The van der Waals surface area contributed by atoms with Gasteiger partial charge in [-0.2, -0.15) is 13.2 Å². The van der Waals surface area contributed by atoms with Gasteiger partial charge in [0.15, 0.2) is 0 Å². The summed E-state index contributed by atoms with van der Waals surface area (Å²) >= 11 is 0. The van der Waals surface area contributed by atoms with Crippen molar-refractivity contribution < 1.29 is 22.9 Å². The van der Waals surface area contributed by atoms with Gasteiger partial charge in [-0.25, -0.2) is 9.97 Å². The molecule has 8 nitrogen and oxygen atoms in total. The predicted octanol–water partition coefficient (Wildman–Crippen LogP) is 4.29. The average molecular weight is 429 g/mol. The van der Waals surface area contributed by atoms with Crippen molar-refractivity contribution in [3.8, 4) is 0 Å². The number of nitrogens with one attached hydrogen (secondary N) is 1. The molecule has 0 atom stereocenters. The molecular weight excluding hydrogens is 415 g/mol. The van der Waals surface area contributed by atoms with Crippen LogP contribution in [0.25, 0.3) is 10.9 Å². The van der Waals surface area contributed by atoms with Crippen molar-refractivity contribution in [1.82, 2.24) is 9.97 Å². The van der Waals surface area contributed by atoms with Gasteiger partial charge >= 0.3 is 6.18 Å². The number of nitrogens with zero attached hydrogens (tertiary/aromatic N) is 4. The summed E-state index contributed by atoms with van der Waals surface area (Å²) in [6.07, 6.45) is -2.31. The SMILES string of the molecule is O=C(/C=C/C(F)(F)F)Nc1ccc2ncnc(N3CCc4ccc([N+](=O)[O-])cc43)c2c1. The van der Waals surface area contributed by atoms with E-state index in [2.05, 4.69) is 15.3 Å². The van der Waals surface area contributed by atoms with Gasteiger partial charge in [0, 0.05) is 41.9 Å². The normalized spacial score (nSPS) is 13.6. The summed E-state index contributed by atoms with van der Waals surface area (Å²) in [6.45, 7) is 0.535. The number of nitro benzene ring substituents is 1. The molecule has 11 heteroatoms. The van der Waals surface area contributed by atoms with E-state index in [-0.39, 0.29) is 17.5 Å². The maximum Gasteiger partial charge on any atom is 0.409 e. The van der Waals surface area contributed by atoms with E-state index in [1.54, 1.807) is 18.2 Å². The summed E-state index contributed by atoms with van der Waals surface area (Å²) in [7, 11) is 0. The summed E-state index contributed by atoms with van der Waals surface area (Å²) in [5.41, 5.74) is 2.34. The van der Waals surface area contributed by atoms with Gasteiger partial charge < -0.3 is 10.2 Å². The number of halogens is 3. The second-order valence-electron chi connectivity index (χ2n) is 6.77. The smallest absolute Gasteiger partial charge is 0.325 e. The number of aromatic nitrogens is 2. The van der Waals surface area contributed by atoms with E-state index in [0.29, 0.717) is 41.4 Å². The molecule has 0 bridgehead atoms. The topological polar surface area (TPSA) is 101 Å². The van der Waals surface area contributed by atoms with Crippen molar-refractivity contribution in [3.05, 3.63) is 70.6 Å². The number of hydrogen-bond donors (Lipinski definition) is 1. The number of benzene rings is 2. The Hall–Kier alpha value is -4.02. The Kier molecular flexibility index (Phi) is 5.01. The number of carbonyl (C=O) groups is 1. The molecule has 1 aromatic heterocycles. The van der Waals surface area contributed by atoms with Crippen LogP contribution in [0, 0.1) is 10.1 Å². The first-order valence-corrected chi connectivity index (χ1v) is 9.08. The molecule has 1 aliphatic rings. The number of fused-ring (bicyclic) bond motifs is 2. The van der Waals surface area contributed by atoms with Gasteiger partial charge in [-0.05, 0) is 30.2 Å². The fourth-order valence-corrected chi connectivity index (χ4v) is 3.39. The van der Waals surface area contributed by atoms with Gasteiger partial charge in [0.05, 0.1) is 16.1 Å². The Balaban J connectivity index is 1.70. The lowest BCUT2D eigenvalue weighted by Crippen LogP contribution is -2.16. The third kappa shape index (κ3) is 4.29. The molecule has 2 heterocycles. The summed E-state index contributed by atoms with van der Waals surface area (Å²) in [5, 5.41) is 14.1. The third-order valence-corrected chi connectivity index (χ3v) is 4.74. The number of hydrogen-bond acceptors (Lipinski definition) is 6. The molecule has 0 aliphatic carbocycles. The average Bonchev–Trinajstić information content (AvgIpc) is 3.14. The second kappa shape index (κ2) is 7.67. The third-order valence-electron chi connectivity index (χ3n) is 4.74. The minimum absolute atomic E-state index is 0.0478. The number of rotatable bonds is 4. The maximum atomic E-state index is 12.3. The summed E-state index contributed by atoms with van der Waals surface area (Å²) in [6, 6.07) is 9.30. The molecule has 1 amide bonds. The van der Waals surface area contributed by atoms with E-state index in [0.717, 1.165) is 5.56 Å². The van der Waals surface area contributed by atoms with E-state index < -0.39 is 17.0 Å². The first kappa shape index (κ1) is 20.3. The fourth-order valence-electron chi connectivity index (χ4n) is 3.39. The largest absolute Gasteiger partial charge is 0.409 e. The molecular formula is C20H14F3N5O3. The molecule has 0 radical (unpaired) electrons. The predicted molar refractivity (Wildman–Crippen MR) is 107 cm³/mol. The summed E-state index contributed by atoms with van der Waals surface area (Å²) in [4.78, 5) is 32.8. The van der Waals surface area contributed by atoms with Crippen LogP contribution in [0.2, 0.25) is 0 Å². The highest BCUT2D eigenvalue weighted by Gasteiger charge is 2.26. The van der Waals surface area contributed by atoms with Crippen LogP contribution in [-0.4, -0.2) is 33.5 Å². The molecule has 4 rings (SSSR count). The van der Waals surface area contributed by atoms with Gasteiger partial charge in [0.25, 0.3) is 5.69 Å². The molecule has 1 aliphatic heterocycles. The molecule has 158 valence electrons. The Morgan fingerprint density at radius 2 is 2.00 bits per heavy atom. The molecule has 0 unspecified atom stereocenters. The van der Waals surface area contributed by atoms with Crippen LogP contribution in [0.15, 0.2) is 54.9 Å². The molecule has 0 saturated carbocycles. The number of carbonyl (C=O) groups excluding carboxylic acids is 1. The van der Waals surface area contributed by atoms with Crippen molar-refractivity contribution >= 4 is 39.7 Å². The number of non-ortho nitro benzene ring substituents is 1. The zero-order valence-electron chi connectivity index (χ0n) is 15.8. The van der Waals surface area contributed by atoms with Crippen molar-refractivity contribution in [3.63, 3.8) is 0 Å². The fraction of sp³-hybridized carbons (Fsp3) is 0.150. The highest BCUT2D eigenvalue weighted by molar-refractivity contribution is 6.02. The van der Waals surface area contributed by atoms with E-state index in [1.165, 1.54) is 24.5 Å². The lowest BCUT2D eigenvalue weighted by atomic mass is 10.1. The van der Waals surface area contributed by atoms with Gasteiger partial charge in [-0.3, -0.25) is 14.9 Å². The summed E-state index contributed by atoms with van der Waals surface area (Å²) < 4.78 is 36.8. The van der Waals surface area contributed by atoms with Gasteiger partial charge in [0.2, 0.25) is 5.91 Å².